The molecular formula is C65H124O5. The van der Waals surface area contributed by atoms with Gasteiger partial charge in [0.25, 0.3) is 0 Å². The van der Waals surface area contributed by atoms with Gasteiger partial charge < -0.3 is 14.6 Å². The van der Waals surface area contributed by atoms with E-state index < -0.39 is 6.10 Å². The first-order valence-electron chi connectivity index (χ1n) is 31.9. The van der Waals surface area contributed by atoms with Gasteiger partial charge in [0, 0.05) is 12.8 Å². The molecule has 5 heteroatoms. The topological polar surface area (TPSA) is 72.8 Å². The van der Waals surface area contributed by atoms with Crippen molar-refractivity contribution in [3.63, 3.8) is 0 Å². The molecule has 1 unspecified atom stereocenters. The van der Waals surface area contributed by atoms with Crippen LogP contribution < -0.4 is 0 Å². The Morgan fingerprint density at radius 2 is 0.571 bits per heavy atom. The average Bonchev–Trinajstić information content (AvgIpc) is 3.36. The third kappa shape index (κ3) is 58.9. The third-order valence-corrected chi connectivity index (χ3v) is 14.7. The Morgan fingerprint density at radius 1 is 0.329 bits per heavy atom. The second-order valence-corrected chi connectivity index (χ2v) is 21.9. The molecule has 0 aliphatic carbocycles. The Morgan fingerprint density at radius 3 is 0.843 bits per heavy atom. The number of aliphatic hydroxyl groups is 1. The van der Waals surface area contributed by atoms with E-state index in [9.17, 15) is 14.7 Å². The van der Waals surface area contributed by atoms with Gasteiger partial charge in [-0.3, -0.25) is 9.59 Å². The standard InChI is InChI=1S/C65H124O5/c1-3-5-7-9-11-13-15-17-19-21-23-25-27-29-31-32-34-36-38-40-42-44-46-48-50-52-54-56-58-60-65(68)70-63(61-66)62-69-64(67)59-57-55-53-51-49-47-45-43-41-39-37-35-33-30-28-26-24-22-20-18-16-14-12-10-8-6-4-2/h15,17,21,23,63,66H,3-14,16,18-20,22,24-62H2,1-2H3/b17-15-,23-21-. The minimum atomic E-state index is -0.768. The van der Waals surface area contributed by atoms with Crippen LogP contribution in [0.2, 0.25) is 0 Å². The first-order chi connectivity index (χ1) is 34.6. The van der Waals surface area contributed by atoms with Gasteiger partial charge in [-0.15, -0.1) is 0 Å². The highest BCUT2D eigenvalue weighted by Gasteiger charge is 2.16. The minimum Gasteiger partial charge on any atom is -0.462 e. The molecule has 0 fully saturated rings. The number of carbonyl (C=O) groups excluding carboxylic acids is 2. The number of aliphatic hydroxyl groups excluding tert-OH is 1. The van der Waals surface area contributed by atoms with Gasteiger partial charge in [-0.05, 0) is 44.9 Å². The minimum absolute atomic E-state index is 0.0584. The van der Waals surface area contributed by atoms with Crippen LogP contribution in [0, 0.1) is 0 Å². The van der Waals surface area contributed by atoms with E-state index in [1.165, 1.54) is 295 Å². The highest BCUT2D eigenvalue weighted by Crippen LogP contribution is 2.18. The zero-order valence-electron chi connectivity index (χ0n) is 47.6. The number of allylic oxidation sites excluding steroid dienone is 4. The maximum absolute atomic E-state index is 12.3. The van der Waals surface area contributed by atoms with Gasteiger partial charge in [0.1, 0.15) is 6.61 Å². The first kappa shape index (κ1) is 68.4. The van der Waals surface area contributed by atoms with Crippen molar-refractivity contribution in [3.8, 4) is 0 Å². The van der Waals surface area contributed by atoms with Crippen molar-refractivity contribution >= 4 is 11.9 Å². The molecular weight excluding hydrogens is 861 g/mol. The zero-order chi connectivity index (χ0) is 50.6. The zero-order valence-corrected chi connectivity index (χ0v) is 47.6. The van der Waals surface area contributed by atoms with Crippen molar-refractivity contribution in [2.24, 2.45) is 0 Å². The van der Waals surface area contributed by atoms with Crippen molar-refractivity contribution in [2.75, 3.05) is 13.2 Å². The molecule has 0 spiro atoms. The van der Waals surface area contributed by atoms with Gasteiger partial charge in [-0.2, -0.15) is 0 Å². The molecule has 0 saturated carbocycles. The molecule has 0 radical (unpaired) electrons. The fourth-order valence-corrected chi connectivity index (χ4v) is 9.94. The highest BCUT2D eigenvalue weighted by atomic mass is 16.6. The fraction of sp³-hybridized carbons (Fsp3) is 0.908. The quantitative estimate of drug-likeness (QED) is 0.0373. The first-order valence-corrected chi connectivity index (χ1v) is 31.9. The monoisotopic (exact) mass is 985 g/mol. The number of hydrogen-bond donors (Lipinski definition) is 1. The van der Waals surface area contributed by atoms with Crippen LogP contribution in [0.3, 0.4) is 0 Å². The van der Waals surface area contributed by atoms with Crippen LogP contribution in [0.4, 0.5) is 0 Å². The summed E-state index contributed by atoms with van der Waals surface area (Å²) in [6, 6.07) is 0. The summed E-state index contributed by atoms with van der Waals surface area (Å²) in [6.45, 7) is 4.19. The lowest BCUT2D eigenvalue weighted by Crippen LogP contribution is -2.28. The Bertz CT molecular complexity index is 1070. The fourth-order valence-electron chi connectivity index (χ4n) is 9.94. The third-order valence-electron chi connectivity index (χ3n) is 14.7. The number of unbranched alkanes of at least 4 members (excludes halogenated alkanes) is 48. The molecule has 1 N–H and O–H groups in total. The van der Waals surface area contributed by atoms with Gasteiger partial charge in [-0.25, -0.2) is 0 Å². The van der Waals surface area contributed by atoms with Gasteiger partial charge in [-0.1, -0.05) is 327 Å². The molecule has 0 rings (SSSR count). The molecule has 0 aromatic heterocycles. The number of ether oxygens (including phenoxy) is 2. The van der Waals surface area contributed by atoms with Gasteiger partial charge in [0.15, 0.2) is 6.10 Å². The predicted octanol–water partition coefficient (Wildman–Crippen LogP) is 21.7. The van der Waals surface area contributed by atoms with E-state index in [1.54, 1.807) is 0 Å². The van der Waals surface area contributed by atoms with Crippen LogP contribution in [0.25, 0.3) is 0 Å². The van der Waals surface area contributed by atoms with E-state index >= 15 is 0 Å². The molecule has 5 nitrogen and oxygen atoms in total. The summed E-state index contributed by atoms with van der Waals surface area (Å²) < 4.78 is 10.7. The largest absolute Gasteiger partial charge is 0.462 e. The van der Waals surface area contributed by atoms with Gasteiger partial charge in [0.05, 0.1) is 6.61 Å². The van der Waals surface area contributed by atoms with E-state index in [-0.39, 0.29) is 25.2 Å². The van der Waals surface area contributed by atoms with Gasteiger partial charge in [0.2, 0.25) is 0 Å². The summed E-state index contributed by atoms with van der Waals surface area (Å²) in [5.41, 5.74) is 0. The normalized spacial score (nSPS) is 12.2. The lowest BCUT2D eigenvalue weighted by atomic mass is 10.0. The molecule has 0 aliphatic heterocycles. The molecule has 0 heterocycles. The van der Waals surface area contributed by atoms with E-state index in [4.69, 9.17) is 9.47 Å². The molecule has 414 valence electrons. The lowest BCUT2D eigenvalue weighted by molar-refractivity contribution is -0.161. The Hall–Kier alpha value is -1.62. The van der Waals surface area contributed by atoms with Crippen LogP contribution in [0.5, 0.6) is 0 Å². The summed E-state index contributed by atoms with van der Waals surface area (Å²) in [5.74, 6) is -0.566. The number of esters is 2. The lowest BCUT2D eigenvalue weighted by Gasteiger charge is -2.15. The highest BCUT2D eigenvalue weighted by molar-refractivity contribution is 5.70. The SMILES string of the molecule is CCCCCCC/C=C\C/C=C\CCCCCCCCCCCCCCCCCCCC(=O)OC(CO)COC(=O)CCCCCCCCCCCCCCCCCCCCCCCCCCCCC. The van der Waals surface area contributed by atoms with Gasteiger partial charge >= 0.3 is 11.9 Å². The Labute approximate surface area is 438 Å². The molecule has 70 heavy (non-hydrogen) atoms. The number of carbonyl (C=O) groups is 2. The van der Waals surface area contributed by atoms with Crippen LogP contribution in [0.1, 0.15) is 361 Å². The maximum atomic E-state index is 12.3. The predicted molar refractivity (Wildman–Crippen MR) is 307 cm³/mol. The summed E-state index contributed by atoms with van der Waals surface area (Å²) in [6.07, 6.45) is 79.0. The van der Waals surface area contributed by atoms with Crippen LogP contribution in [-0.2, 0) is 19.1 Å². The van der Waals surface area contributed by atoms with E-state index in [0.29, 0.717) is 12.8 Å². The summed E-state index contributed by atoms with van der Waals surface area (Å²) in [5, 5.41) is 9.68. The number of rotatable bonds is 60. The molecule has 0 amide bonds. The molecule has 0 aliphatic rings. The van der Waals surface area contributed by atoms with E-state index in [0.717, 1.165) is 38.5 Å². The molecule has 0 aromatic carbocycles. The summed E-state index contributed by atoms with van der Waals surface area (Å²) in [7, 11) is 0. The average molecular weight is 986 g/mol. The van der Waals surface area contributed by atoms with Crippen molar-refractivity contribution in [1.29, 1.82) is 0 Å². The number of hydrogen-bond acceptors (Lipinski definition) is 5. The second kappa shape index (κ2) is 61.7. The van der Waals surface area contributed by atoms with Crippen LogP contribution in [-0.4, -0.2) is 36.4 Å². The smallest absolute Gasteiger partial charge is 0.306 e. The van der Waals surface area contributed by atoms with Crippen LogP contribution in [0.15, 0.2) is 24.3 Å². The van der Waals surface area contributed by atoms with Crippen molar-refractivity contribution in [2.45, 2.75) is 367 Å². The van der Waals surface area contributed by atoms with Crippen molar-refractivity contribution in [1.82, 2.24) is 0 Å². The summed E-state index contributed by atoms with van der Waals surface area (Å²) >= 11 is 0. The molecule has 0 bridgehead atoms. The van der Waals surface area contributed by atoms with Crippen LogP contribution >= 0.6 is 0 Å². The Kier molecular flexibility index (Phi) is 60.3. The van der Waals surface area contributed by atoms with Crippen molar-refractivity contribution in [3.05, 3.63) is 24.3 Å². The van der Waals surface area contributed by atoms with Crippen molar-refractivity contribution < 1.29 is 24.2 Å². The Balaban J connectivity index is 3.40. The second-order valence-electron chi connectivity index (χ2n) is 21.9. The maximum Gasteiger partial charge on any atom is 0.306 e. The molecule has 0 aromatic rings. The van der Waals surface area contributed by atoms with E-state index in [1.807, 2.05) is 0 Å². The summed E-state index contributed by atoms with van der Waals surface area (Å²) in [4.78, 5) is 24.6. The molecule has 1 atom stereocenters. The van der Waals surface area contributed by atoms with E-state index in [2.05, 4.69) is 38.2 Å². The molecule has 0 saturated heterocycles.